The van der Waals surface area contributed by atoms with E-state index < -0.39 is 0 Å². The normalized spacial score (nSPS) is 18.4. The Labute approximate surface area is 113 Å². The monoisotopic (exact) mass is 261 g/mol. The van der Waals surface area contributed by atoms with Gasteiger partial charge in [-0.05, 0) is 17.5 Å². The van der Waals surface area contributed by atoms with Crippen LogP contribution in [0.5, 0.6) is 0 Å². The maximum atomic E-state index is 12.4. The van der Waals surface area contributed by atoms with E-state index in [-0.39, 0.29) is 17.8 Å². The Bertz CT molecular complexity index is 496. The minimum absolute atomic E-state index is 0.00412. The predicted molar refractivity (Wildman–Crippen MR) is 71.9 cm³/mol. The summed E-state index contributed by atoms with van der Waals surface area (Å²) in [7, 11) is 1.38. The Balaban J connectivity index is 2.39. The lowest BCUT2D eigenvalue weighted by Gasteiger charge is -2.34. The van der Waals surface area contributed by atoms with Crippen LogP contribution < -0.4 is 0 Å². The molecule has 19 heavy (non-hydrogen) atoms. The Morgan fingerprint density at radius 3 is 2.74 bits per heavy atom. The molecule has 4 heteroatoms. The quantitative estimate of drug-likeness (QED) is 0.782. The van der Waals surface area contributed by atoms with Gasteiger partial charge in [0, 0.05) is 18.7 Å². The zero-order valence-electron chi connectivity index (χ0n) is 11.6. The molecule has 1 unspecified atom stereocenters. The van der Waals surface area contributed by atoms with E-state index in [1.54, 1.807) is 11.0 Å². The Hall–Kier alpha value is -1.84. The third-order valence-electron chi connectivity index (χ3n) is 3.33. The fourth-order valence-electron chi connectivity index (χ4n) is 2.51. The molecule has 1 heterocycles. The molecule has 102 valence electrons. The van der Waals surface area contributed by atoms with E-state index in [9.17, 15) is 9.59 Å². The first kappa shape index (κ1) is 13.6. The molecule has 0 aromatic heterocycles. The second-order valence-corrected chi connectivity index (χ2v) is 5.27. The number of hydrogen-bond acceptors (Lipinski definition) is 3. The van der Waals surface area contributed by atoms with E-state index in [0.29, 0.717) is 24.6 Å². The molecular formula is C15H19NO3. The van der Waals surface area contributed by atoms with Crippen LogP contribution in [0.25, 0.3) is 0 Å². The van der Waals surface area contributed by atoms with Gasteiger partial charge in [-0.3, -0.25) is 9.59 Å². The van der Waals surface area contributed by atoms with Gasteiger partial charge in [-0.15, -0.1) is 0 Å². The molecule has 4 nitrogen and oxygen atoms in total. The van der Waals surface area contributed by atoms with Crippen molar-refractivity contribution in [3.63, 3.8) is 0 Å². The maximum Gasteiger partial charge on any atom is 0.314 e. The summed E-state index contributed by atoms with van der Waals surface area (Å²) in [6.45, 7) is 5.17. The van der Waals surface area contributed by atoms with Gasteiger partial charge in [0.05, 0.1) is 7.11 Å². The molecule has 1 amide bonds. The van der Waals surface area contributed by atoms with Crippen molar-refractivity contribution in [2.24, 2.45) is 5.92 Å². The number of rotatable bonds is 3. The Morgan fingerprint density at radius 1 is 1.42 bits per heavy atom. The standard InChI is InChI=1S/C15H19NO3/c1-10(2)8-16-9-13(15(18)19-3)11-6-4-5-7-12(11)14(16)17/h4-7,10,13H,8-9H2,1-3H3. The second kappa shape index (κ2) is 5.43. The molecule has 1 aromatic rings. The molecule has 0 fully saturated rings. The zero-order chi connectivity index (χ0) is 14.0. The van der Waals surface area contributed by atoms with Gasteiger partial charge in [0.2, 0.25) is 0 Å². The summed E-state index contributed by atoms with van der Waals surface area (Å²) < 4.78 is 4.86. The van der Waals surface area contributed by atoms with Crippen LogP contribution in [0.4, 0.5) is 0 Å². The van der Waals surface area contributed by atoms with Gasteiger partial charge in [0.25, 0.3) is 5.91 Å². The van der Waals surface area contributed by atoms with E-state index in [1.807, 2.05) is 18.2 Å². The van der Waals surface area contributed by atoms with Crippen molar-refractivity contribution in [2.45, 2.75) is 19.8 Å². The minimum atomic E-state index is -0.377. The number of esters is 1. The minimum Gasteiger partial charge on any atom is -0.468 e. The number of nitrogens with zero attached hydrogens (tertiary/aromatic N) is 1. The van der Waals surface area contributed by atoms with Gasteiger partial charge in [0.15, 0.2) is 0 Å². The van der Waals surface area contributed by atoms with Gasteiger partial charge in [0.1, 0.15) is 5.92 Å². The average Bonchev–Trinajstić information content (AvgIpc) is 2.40. The van der Waals surface area contributed by atoms with Crippen molar-refractivity contribution < 1.29 is 14.3 Å². The summed E-state index contributed by atoms with van der Waals surface area (Å²) in [5, 5.41) is 0. The van der Waals surface area contributed by atoms with Gasteiger partial charge >= 0.3 is 5.97 Å². The van der Waals surface area contributed by atoms with E-state index in [0.717, 1.165) is 5.56 Å². The van der Waals surface area contributed by atoms with Crippen LogP contribution in [-0.2, 0) is 9.53 Å². The summed E-state index contributed by atoms with van der Waals surface area (Å²) in [4.78, 5) is 26.0. The fraction of sp³-hybridized carbons (Fsp3) is 0.467. The molecule has 0 saturated carbocycles. The van der Waals surface area contributed by atoms with Gasteiger partial charge in [-0.2, -0.15) is 0 Å². The highest BCUT2D eigenvalue weighted by atomic mass is 16.5. The van der Waals surface area contributed by atoms with Gasteiger partial charge in [-0.1, -0.05) is 32.0 Å². The first-order valence-electron chi connectivity index (χ1n) is 6.50. The predicted octanol–water partition coefficient (Wildman–Crippen LogP) is 2.05. The molecule has 2 rings (SSSR count). The number of hydrogen-bond donors (Lipinski definition) is 0. The first-order valence-corrected chi connectivity index (χ1v) is 6.50. The number of ether oxygens (including phenoxy) is 1. The van der Waals surface area contributed by atoms with Crippen LogP contribution in [0.15, 0.2) is 24.3 Å². The number of methoxy groups -OCH3 is 1. The number of fused-ring (bicyclic) bond motifs is 1. The molecule has 0 aliphatic carbocycles. The van der Waals surface area contributed by atoms with Crippen molar-refractivity contribution in [3.05, 3.63) is 35.4 Å². The summed E-state index contributed by atoms with van der Waals surface area (Å²) in [6.07, 6.45) is 0. The number of amides is 1. The first-order chi connectivity index (χ1) is 9.04. The Kier molecular flexibility index (Phi) is 3.88. The van der Waals surface area contributed by atoms with E-state index in [2.05, 4.69) is 13.8 Å². The van der Waals surface area contributed by atoms with Crippen molar-refractivity contribution >= 4 is 11.9 Å². The lowest BCUT2D eigenvalue weighted by Crippen LogP contribution is -2.44. The van der Waals surface area contributed by atoms with Crippen LogP contribution in [-0.4, -0.2) is 37.0 Å². The average molecular weight is 261 g/mol. The van der Waals surface area contributed by atoms with Crippen LogP contribution in [0.2, 0.25) is 0 Å². The third-order valence-corrected chi connectivity index (χ3v) is 3.33. The van der Waals surface area contributed by atoms with E-state index in [4.69, 9.17) is 4.74 Å². The largest absolute Gasteiger partial charge is 0.468 e. The molecule has 0 bridgehead atoms. The van der Waals surface area contributed by atoms with Crippen LogP contribution in [0, 0.1) is 5.92 Å². The smallest absolute Gasteiger partial charge is 0.314 e. The topological polar surface area (TPSA) is 46.6 Å². The van der Waals surface area contributed by atoms with Crippen LogP contribution >= 0.6 is 0 Å². The summed E-state index contributed by atoms with van der Waals surface area (Å²) in [5.74, 6) is -0.289. The van der Waals surface area contributed by atoms with Crippen molar-refractivity contribution in [3.8, 4) is 0 Å². The summed E-state index contributed by atoms with van der Waals surface area (Å²) in [6, 6.07) is 7.28. The van der Waals surface area contributed by atoms with Crippen molar-refractivity contribution in [2.75, 3.05) is 20.2 Å². The van der Waals surface area contributed by atoms with Crippen LogP contribution in [0.1, 0.15) is 35.7 Å². The Morgan fingerprint density at radius 2 is 2.11 bits per heavy atom. The number of benzene rings is 1. The maximum absolute atomic E-state index is 12.4. The molecule has 1 atom stereocenters. The molecule has 0 N–H and O–H groups in total. The fourth-order valence-corrected chi connectivity index (χ4v) is 2.51. The molecule has 0 spiro atoms. The van der Waals surface area contributed by atoms with Crippen molar-refractivity contribution in [1.82, 2.24) is 4.90 Å². The zero-order valence-corrected chi connectivity index (χ0v) is 11.6. The molecule has 1 aromatic carbocycles. The number of carbonyl (C=O) groups is 2. The molecule has 0 radical (unpaired) electrons. The summed E-state index contributed by atoms with van der Waals surface area (Å²) >= 11 is 0. The lowest BCUT2D eigenvalue weighted by atomic mass is 9.89. The molecule has 1 aliphatic rings. The molecule has 0 saturated heterocycles. The third kappa shape index (κ3) is 2.62. The highest BCUT2D eigenvalue weighted by Crippen LogP contribution is 2.29. The van der Waals surface area contributed by atoms with Gasteiger partial charge in [-0.25, -0.2) is 0 Å². The highest BCUT2D eigenvalue weighted by Gasteiger charge is 2.35. The van der Waals surface area contributed by atoms with Crippen molar-refractivity contribution in [1.29, 1.82) is 0 Å². The molecular weight excluding hydrogens is 242 g/mol. The highest BCUT2D eigenvalue weighted by molar-refractivity contribution is 5.99. The van der Waals surface area contributed by atoms with Gasteiger partial charge < -0.3 is 9.64 Å². The SMILES string of the molecule is COC(=O)C1CN(CC(C)C)C(=O)c2ccccc21. The van der Waals surface area contributed by atoms with Crippen LogP contribution in [0.3, 0.4) is 0 Å². The van der Waals surface area contributed by atoms with E-state index >= 15 is 0 Å². The summed E-state index contributed by atoms with van der Waals surface area (Å²) in [5.41, 5.74) is 1.39. The van der Waals surface area contributed by atoms with E-state index in [1.165, 1.54) is 7.11 Å². The second-order valence-electron chi connectivity index (χ2n) is 5.27. The lowest BCUT2D eigenvalue weighted by molar-refractivity contribution is -0.142. The molecule has 1 aliphatic heterocycles. The number of carbonyl (C=O) groups excluding carboxylic acids is 2.